The second kappa shape index (κ2) is 8.10. The smallest absolute Gasteiger partial charge is 0.374 e. The number of para-hydroxylation sites is 2. The second-order valence-corrected chi connectivity index (χ2v) is 6.67. The number of nitrogens with zero attached hydrogens (tertiary/aromatic N) is 1. The van der Waals surface area contributed by atoms with Crippen LogP contribution in [0.15, 0.2) is 42.5 Å². The molecule has 0 spiro atoms. The largest absolute Gasteiger partial charge is 0.417 e. The minimum Gasteiger partial charge on any atom is -0.374 e. The Bertz CT molecular complexity index is 902. The molecule has 0 aromatic heterocycles. The number of anilines is 3. The van der Waals surface area contributed by atoms with Crippen molar-refractivity contribution in [2.45, 2.75) is 19.0 Å². The summed E-state index contributed by atoms with van der Waals surface area (Å²) in [6.07, 6.45) is -3.37. The molecule has 2 aromatic carbocycles. The molecule has 0 unspecified atom stereocenters. The van der Waals surface area contributed by atoms with Crippen LogP contribution < -0.4 is 15.5 Å². The average molecular weight is 412 g/mol. The van der Waals surface area contributed by atoms with Crippen LogP contribution in [-0.4, -0.2) is 24.9 Å². The topological polar surface area (TPSA) is 61.4 Å². The molecule has 2 amide bonds. The van der Waals surface area contributed by atoms with E-state index in [4.69, 9.17) is 11.6 Å². The number of benzene rings is 2. The zero-order valence-electron chi connectivity index (χ0n) is 14.6. The minimum absolute atomic E-state index is 0.00784. The van der Waals surface area contributed by atoms with Crippen LogP contribution in [0, 0.1) is 0 Å². The van der Waals surface area contributed by atoms with E-state index in [2.05, 4.69) is 10.6 Å². The Balaban J connectivity index is 1.67. The molecule has 0 aliphatic carbocycles. The first-order valence-electron chi connectivity index (χ1n) is 8.55. The molecule has 3 rings (SSSR count). The summed E-state index contributed by atoms with van der Waals surface area (Å²) in [6, 6.07) is 10.2. The monoisotopic (exact) mass is 411 g/mol. The molecule has 0 saturated carbocycles. The van der Waals surface area contributed by atoms with Gasteiger partial charge in [-0.2, -0.15) is 13.2 Å². The third-order valence-electron chi connectivity index (χ3n) is 4.26. The molecule has 28 heavy (non-hydrogen) atoms. The average Bonchev–Trinajstić information content (AvgIpc) is 3.07. The molecule has 1 aliphatic heterocycles. The van der Waals surface area contributed by atoms with E-state index in [-0.39, 0.29) is 18.1 Å². The van der Waals surface area contributed by atoms with Gasteiger partial charge in [-0.15, -0.1) is 0 Å². The molecule has 2 aromatic rings. The van der Waals surface area contributed by atoms with Gasteiger partial charge in [0.2, 0.25) is 11.8 Å². The van der Waals surface area contributed by atoms with E-state index in [1.807, 2.05) is 0 Å². The molecule has 0 bridgehead atoms. The number of hydrogen-bond acceptors (Lipinski definition) is 3. The number of hydrogen-bond donors (Lipinski definition) is 2. The summed E-state index contributed by atoms with van der Waals surface area (Å²) in [7, 11) is 0. The van der Waals surface area contributed by atoms with Gasteiger partial charge in [-0.1, -0.05) is 23.7 Å². The number of nitrogens with one attached hydrogen (secondary N) is 2. The van der Waals surface area contributed by atoms with Crippen LogP contribution in [0.2, 0.25) is 5.02 Å². The molecular weight excluding hydrogens is 395 g/mol. The van der Waals surface area contributed by atoms with Gasteiger partial charge in [0.05, 0.1) is 28.5 Å². The van der Waals surface area contributed by atoms with Crippen molar-refractivity contribution >= 4 is 40.5 Å². The minimum atomic E-state index is -4.61. The van der Waals surface area contributed by atoms with Crippen LogP contribution in [-0.2, 0) is 15.8 Å². The Labute approximate surface area is 164 Å². The maximum atomic E-state index is 12.9. The van der Waals surface area contributed by atoms with E-state index in [1.165, 1.54) is 6.07 Å². The number of amides is 2. The third kappa shape index (κ3) is 4.56. The van der Waals surface area contributed by atoms with E-state index in [1.54, 1.807) is 29.2 Å². The van der Waals surface area contributed by atoms with Crippen molar-refractivity contribution in [2.75, 3.05) is 28.6 Å². The Kier molecular flexibility index (Phi) is 5.79. The van der Waals surface area contributed by atoms with Crippen molar-refractivity contribution in [3.05, 3.63) is 53.1 Å². The summed E-state index contributed by atoms with van der Waals surface area (Å²) in [4.78, 5) is 25.8. The molecular formula is C19H17ClF3N3O2. The SMILES string of the molecule is O=C(CNc1ccccc1N1CCCC1=O)Nc1ccc(Cl)c(C(F)(F)F)c1. The lowest BCUT2D eigenvalue weighted by Gasteiger charge is -2.20. The first-order chi connectivity index (χ1) is 13.3. The molecule has 0 radical (unpaired) electrons. The van der Waals surface area contributed by atoms with Gasteiger partial charge in [-0.3, -0.25) is 9.59 Å². The Morgan fingerprint density at radius 1 is 1.18 bits per heavy atom. The van der Waals surface area contributed by atoms with Crippen LogP contribution in [0.5, 0.6) is 0 Å². The molecule has 1 heterocycles. The van der Waals surface area contributed by atoms with Gasteiger partial charge in [0.15, 0.2) is 0 Å². The third-order valence-corrected chi connectivity index (χ3v) is 4.59. The number of carbonyl (C=O) groups is 2. The van der Waals surface area contributed by atoms with Crippen molar-refractivity contribution in [3.8, 4) is 0 Å². The van der Waals surface area contributed by atoms with Gasteiger partial charge in [0.1, 0.15) is 0 Å². The zero-order chi connectivity index (χ0) is 20.3. The van der Waals surface area contributed by atoms with E-state index >= 15 is 0 Å². The fourth-order valence-corrected chi connectivity index (χ4v) is 3.19. The highest BCUT2D eigenvalue weighted by Crippen LogP contribution is 2.36. The summed E-state index contributed by atoms with van der Waals surface area (Å²) >= 11 is 5.57. The van der Waals surface area contributed by atoms with Gasteiger partial charge in [-0.25, -0.2) is 0 Å². The Morgan fingerprint density at radius 2 is 1.93 bits per heavy atom. The van der Waals surface area contributed by atoms with Crippen LogP contribution in [0.4, 0.5) is 30.2 Å². The summed E-state index contributed by atoms with van der Waals surface area (Å²) in [5, 5.41) is 4.90. The summed E-state index contributed by atoms with van der Waals surface area (Å²) in [6.45, 7) is 0.428. The van der Waals surface area contributed by atoms with Crippen molar-refractivity contribution < 1.29 is 22.8 Å². The van der Waals surface area contributed by atoms with Crippen molar-refractivity contribution in [2.24, 2.45) is 0 Å². The number of carbonyl (C=O) groups excluding carboxylic acids is 2. The van der Waals surface area contributed by atoms with Crippen LogP contribution in [0.3, 0.4) is 0 Å². The van der Waals surface area contributed by atoms with E-state index in [9.17, 15) is 22.8 Å². The molecule has 9 heteroatoms. The van der Waals surface area contributed by atoms with Gasteiger partial charge in [-0.05, 0) is 36.8 Å². The molecule has 0 atom stereocenters. The summed E-state index contributed by atoms with van der Waals surface area (Å²) in [5.74, 6) is -0.516. The first kappa shape index (κ1) is 20.0. The van der Waals surface area contributed by atoms with Gasteiger partial charge in [0.25, 0.3) is 0 Å². The molecule has 1 aliphatic rings. The first-order valence-corrected chi connectivity index (χ1v) is 8.93. The van der Waals surface area contributed by atoms with Gasteiger partial charge in [0, 0.05) is 18.7 Å². The molecule has 1 fully saturated rings. The predicted octanol–water partition coefficient (Wildman–Crippen LogP) is 4.54. The van der Waals surface area contributed by atoms with E-state index in [0.29, 0.717) is 24.3 Å². The quantitative estimate of drug-likeness (QED) is 0.759. The standard InChI is InChI=1S/C19H17ClF3N3O2/c20-14-8-7-12(10-13(14)19(21,22)23)25-17(27)11-24-15-4-1-2-5-16(15)26-9-3-6-18(26)28/h1-2,4-5,7-8,10,24H,3,6,9,11H2,(H,25,27). The molecule has 5 nitrogen and oxygen atoms in total. The number of halogens is 4. The molecule has 2 N–H and O–H groups in total. The zero-order valence-corrected chi connectivity index (χ0v) is 15.4. The maximum Gasteiger partial charge on any atom is 0.417 e. The predicted molar refractivity (Wildman–Crippen MR) is 102 cm³/mol. The van der Waals surface area contributed by atoms with Crippen molar-refractivity contribution in [1.29, 1.82) is 0 Å². The van der Waals surface area contributed by atoms with Crippen molar-refractivity contribution in [3.63, 3.8) is 0 Å². The maximum absolute atomic E-state index is 12.9. The van der Waals surface area contributed by atoms with Crippen LogP contribution >= 0.6 is 11.6 Å². The Morgan fingerprint density at radius 3 is 2.61 bits per heavy atom. The lowest BCUT2D eigenvalue weighted by Crippen LogP contribution is -2.26. The van der Waals surface area contributed by atoms with Crippen molar-refractivity contribution in [1.82, 2.24) is 0 Å². The Hall–Kier alpha value is -2.74. The van der Waals surface area contributed by atoms with Gasteiger partial charge < -0.3 is 15.5 Å². The fourth-order valence-electron chi connectivity index (χ4n) is 2.96. The van der Waals surface area contributed by atoms with Gasteiger partial charge >= 0.3 is 6.18 Å². The number of rotatable bonds is 5. The van der Waals surface area contributed by atoms with E-state index < -0.39 is 22.7 Å². The van der Waals surface area contributed by atoms with E-state index in [0.717, 1.165) is 18.6 Å². The highest BCUT2D eigenvalue weighted by molar-refractivity contribution is 6.31. The number of alkyl halides is 3. The second-order valence-electron chi connectivity index (χ2n) is 6.26. The lowest BCUT2D eigenvalue weighted by atomic mass is 10.2. The van der Waals surface area contributed by atoms with Crippen LogP contribution in [0.1, 0.15) is 18.4 Å². The summed E-state index contributed by atoms with van der Waals surface area (Å²) < 4.78 is 38.8. The molecule has 148 valence electrons. The van der Waals surface area contributed by atoms with Crippen LogP contribution in [0.25, 0.3) is 0 Å². The lowest BCUT2D eigenvalue weighted by molar-refractivity contribution is -0.137. The molecule has 1 saturated heterocycles. The fraction of sp³-hybridized carbons (Fsp3) is 0.263. The highest BCUT2D eigenvalue weighted by Gasteiger charge is 2.33. The highest BCUT2D eigenvalue weighted by atomic mass is 35.5. The summed E-state index contributed by atoms with van der Waals surface area (Å²) in [5.41, 5.74) is 0.244. The normalized spacial score (nSPS) is 14.3.